The molecule has 0 aliphatic carbocycles. The molecule has 2 atom stereocenters. The van der Waals surface area contributed by atoms with Crippen LogP contribution < -0.4 is 9.64 Å². The van der Waals surface area contributed by atoms with E-state index in [1.807, 2.05) is 0 Å². The maximum atomic E-state index is 13.0. The Morgan fingerprint density at radius 1 is 1.00 bits per heavy atom. The molecule has 0 amide bonds. The number of halogens is 2. The van der Waals surface area contributed by atoms with Crippen LogP contribution in [0.4, 0.5) is 14.7 Å². The topological polar surface area (TPSA) is 41.5 Å². The Balaban J connectivity index is 1.32. The van der Waals surface area contributed by atoms with E-state index in [-0.39, 0.29) is 5.82 Å². The predicted octanol–water partition coefficient (Wildman–Crippen LogP) is 2.34. The fraction of sp³-hybridized carbons (Fsp3) is 0.444. The van der Waals surface area contributed by atoms with Crippen molar-refractivity contribution in [3.8, 4) is 5.75 Å². The molecule has 2 saturated heterocycles. The molecule has 1 aromatic carbocycles. The molecule has 2 aliphatic rings. The lowest BCUT2D eigenvalue weighted by atomic mass is 10.1. The lowest BCUT2D eigenvalue weighted by Gasteiger charge is -2.37. The summed E-state index contributed by atoms with van der Waals surface area (Å²) >= 11 is 0. The minimum Gasteiger partial charge on any atom is -0.493 e. The van der Waals surface area contributed by atoms with Crippen molar-refractivity contribution in [2.45, 2.75) is 12.5 Å². The number of nitrogens with zero attached hydrogens (tertiary/aromatic N) is 4. The van der Waals surface area contributed by atoms with Crippen molar-refractivity contribution < 1.29 is 13.5 Å². The van der Waals surface area contributed by atoms with Crippen LogP contribution >= 0.6 is 0 Å². The van der Waals surface area contributed by atoms with Crippen molar-refractivity contribution in [2.24, 2.45) is 5.92 Å². The number of anilines is 1. The number of benzene rings is 1. The summed E-state index contributed by atoms with van der Waals surface area (Å²) in [7, 11) is 0. The highest BCUT2D eigenvalue weighted by Crippen LogP contribution is 2.28. The average Bonchev–Trinajstić information content (AvgIpc) is 3.04. The van der Waals surface area contributed by atoms with Gasteiger partial charge in [-0.25, -0.2) is 18.7 Å². The minimum atomic E-state index is -0.416. The van der Waals surface area contributed by atoms with Gasteiger partial charge in [0.2, 0.25) is 5.95 Å². The molecule has 2 aromatic rings. The van der Waals surface area contributed by atoms with E-state index in [1.165, 1.54) is 24.5 Å². The molecule has 25 heavy (non-hydrogen) atoms. The van der Waals surface area contributed by atoms with Gasteiger partial charge in [0.05, 0.1) is 19.0 Å². The van der Waals surface area contributed by atoms with Gasteiger partial charge in [0.25, 0.3) is 0 Å². The Bertz CT molecular complexity index is 710. The maximum absolute atomic E-state index is 13.0. The van der Waals surface area contributed by atoms with Crippen LogP contribution in [0, 0.1) is 17.6 Å². The first-order valence-electron chi connectivity index (χ1n) is 8.52. The van der Waals surface area contributed by atoms with Crippen LogP contribution in [0.25, 0.3) is 0 Å². The van der Waals surface area contributed by atoms with Crippen LogP contribution in [0.15, 0.2) is 36.7 Å². The Hall–Kier alpha value is -2.28. The highest BCUT2D eigenvalue weighted by atomic mass is 19.1. The van der Waals surface area contributed by atoms with Crippen molar-refractivity contribution >= 4 is 5.95 Å². The van der Waals surface area contributed by atoms with E-state index in [1.54, 1.807) is 12.1 Å². The first-order valence-corrected chi connectivity index (χ1v) is 8.52. The van der Waals surface area contributed by atoms with Crippen LogP contribution in [0.5, 0.6) is 5.75 Å². The number of rotatable bonds is 4. The third-order valence-corrected chi connectivity index (χ3v) is 4.89. The molecule has 0 radical (unpaired) electrons. The van der Waals surface area contributed by atoms with Crippen LogP contribution in [0.2, 0.25) is 0 Å². The van der Waals surface area contributed by atoms with Gasteiger partial charge in [-0.05, 0) is 30.7 Å². The summed E-state index contributed by atoms with van der Waals surface area (Å²) < 4.78 is 31.7. The number of aromatic nitrogens is 2. The molecule has 7 heteroatoms. The fourth-order valence-corrected chi connectivity index (χ4v) is 3.66. The van der Waals surface area contributed by atoms with Gasteiger partial charge in [-0.1, -0.05) is 0 Å². The number of piperazine rings is 1. The van der Waals surface area contributed by atoms with Gasteiger partial charge in [0.15, 0.2) is 5.82 Å². The second-order valence-corrected chi connectivity index (χ2v) is 6.66. The first-order chi connectivity index (χ1) is 12.2. The van der Waals surface area contributed by atoms with Crippen LogP contribution in [0.1, 0.15) is 6.42 Å². The smallest absolute Gasteiger partial charge is 0.225 e. The zero-order valence-corrected chi connectivity index (χ0v) is 13.8. The number of ether oxygens (including phenoxy) is 1. The summed E-state index contributed by atoms with van der Waals surface area (Å²) in [5, 5.41) is 0. The predicted molar refractivity (Wildman–Crippen MR) is 89.6 cm³/mol. The van der Waals surface area contributed by atoms with Gasteiger partial charge in [0, 0.05) is 38.1 Å². The molecule has 0 N–H and O–H groups in total. The summed E-state index contributed by atoms with van der Waals surface area (Å²) in [6.07, 6.45) is 3.46. The fourth-order valence-electron chi connectivity index (χ4n) is 3.66. The quantitative estimate of drug-likeness (QED) is 0.850. The molecule has 5 nitrogen and oxygen atoms in total. The summed E-state index contributed by atoms with van der Waals surface area (Å²) in [5.74, 6) is 1.07. The Labute approximate surface area is 145 Å². The van der Waals surface area contributed by atoms with Gasteiger partial charge >= 0.3 is 0 Å². The van der Waals surface area contributed by atoms with Crippen molar-refractivity contribution in [1.29, 1.82) is 0 Å². The zero-order chi connectivity index (χ0) is 17.2. The van der Waals surface area contributed by atoms with Crippen molar-refractivity contribution in [3.05, 3.63) is 48.3 Å². The largest absolute Gasteiger partial charge is 0.493 e. The molecule has 0 spiro atoms. The van der Waals surface area contributed by atoms with Crippen LogP contribution in [0.3, 0.4) is 0 Å². The molecule has 0 bridgehead atoms. The summed E-state index contributed by atoms with van der Waals surface area (Å²) in [6.45, 7) is 4.26. The summed E-state index contributed by atoms with van der Waals surface area (Å²) in [5.41, 5.74) is 0. The lowest BCUT2D eigenvalue weighted by Crippen LogP contribution is -2.50. The first kappa shape index (κ1) is 16.2. The SMILES string of the molecule is Fc1ccc(OCC2CC3CN(c4ncc(F)cn4)CCN3C2)cc1. The molecule has 1 aromatic heterocycles. The Kier molecular flexibility index (Phi) is 4.48. The zero-order valence-electron chi connectivity index (χ0n) is 13.8. The number of fused-ring (bicyclic) bond motifs is 1. The maximum Gasteiger partial charge on any atom is 0.225 e. The van der Waals surface area contributed by atoms with Gasteiger partial charge in [0.1, 0.15) is 11.6 Å². The molecular weight excluding hydrogens is 326 g/mol. The Morgan fingerprint density at radius 3 is 2.52 bits per heavy atom. The minimum absolute atomic E-state index is 0.256. The normalized spacial score (nSPS) is 23.5. The lowest BCUT2D eigenvalue weighted by molar-refractivity contribution is 0.216. The molecule has 3 heterocycles. The van der Waals surface area contributed by atoms with E-state index in [0.29, 0.717) is 30.3 Å². The third-order valence-electron chi connectivity index (χ3n) is 4.89. The van der Waals surface area contributed by atoms with Crippen LogP contribution in [-0.2, 0) is 0 Å². The number of hydrogen-bond donors (Lipinski definition) is 0. The highest BCUT2D eigenvalue weighted by molar-refractivity contribution is 5.30. The molecule has 0 saturated carbocycles. The van der Waals surface area contributed by atoms with E-state index in [9.17, 15) is 8.78 Å². The van der Waals surface area contributed by atoms with Crippen molar-refractivity contribution in [2.75, 3.05) is 37.7 Å². The standard InChI is InChI=1S/C18H20F2N4O/c19-14-1-3-17(4-2-14)25-12-13-7-16-11-24(6-5-23(16)10-13)18-21-8-15(20)9-22-18/h1-4,8-9,13,16H,5-7,10-12H2. The second kappa shape index (κ2) is 6.92. The van der Waals surface area contributed by atoms with Crippen molar-refractivity contribution in [3.63, 3.8) is 0 Å². The number of hydrogen-bond acceptors (Lipinski definition) is 5. The Morgan fingerprint density at radius 2 is 1.76 bits per heavy atom. The van der Waals surface area contributed by atoms with E-state index in [2.05, 4.69) is 19.8 Å². The van der Waals surface area contributed by atoms with E-state index in [4.69, 9.17) is 4.74 Å². The monoisotopic (exact) mass is 346 g/mol. The molecule has 2 unspecified atom stereocenters. The molecular formula is C18H20F2N4O. The van der Waals surface area contributed by atoms with Gasteiger partial charge in [-0.15, -0.1) is 0 Å². The third kappa shape index (κ3) is 3.71. The summed E-state index contributed by atoms with van der Waals surface area (Å²) in [6, 6.07) is 6.57. The molecule has 2 aliphatic heterocycles. The summed E-state index contributed by atoms with van der Waals surface area (Å²) in [4.78, 5) is 12.8. The van der Waals surface area contributed by atoms with Gasteiger partial charge < -0.3 is 9.64 Å². The van der Waals surface area contributed by atoms with Gasteiger partial charge in [-0.2, -0.15) is 0 Å². The average molecular weight is 346 g/mol. The molecule has 4 rings (SSSR count). The van der Waals surface area contributed by atoms with E-state index < -0.39 is 5.82 Å². The second-order valence-electron chi connectivity index (χ2n) is 6.66. The van der Waals surface area contributed by atoms with Crippen molar-refractivity contribution in [1.82, 2.24) is 14.9 Å². The molecule has 2 fully saturated rings. The van der Waals surface area contributed by atoms with E-state index >= 15 is 0 Å². The van der Waals surface area contributed by atoms with Crippen LogP contribution in [-0.4, -0.2) is 53.7 Å². The van der Waals surface area contributed by atoms with E-state index in [0.717, 1.165) is 32.6 Å². The molecule has 132 valence electrons. The van der Waals surface area contributed by atoms with Gasteiger partial charge in [-0.3, -0.25) is 4.90 Å². The highest BCUT2D eigenvalue weighted by Gasteiger charge is 2.37.